The molecule has 0 unspecified atom stereocenters. The molecule has 1 N–H and O–H groups in total. The van der Waals surface area contributed by atoms with E-state index in [9.17, 15) is 13.2 Å². The van der Waals surface area contributed by atoms with Crippen LogP contribution >= 0.6 is 11.6 Å². The topological polar surface area (TPSA) is 66.5 Å². The number of hydrogen-bond acceptors (Lipinski definition) is 3. The summed E-state index contributed by atoms with van der Waals surface area (Å²) < 4.78 is 26.5. The summed E-state index contributed by atoms with van der Waals surface area (Å²) in [5.74, 6) is -0.157. The van der Waals surface area contributed by atoms with Gasteiger partial charge in [0.05, 0.1) is 18.5 Å². The second kappa shape index (κ2) is 10.9. The first-order valence-electron chi connectivity index (χ1n) is 10.8. The zero-order valence-corrected chi connectivity index (χ0v) is 20.7. The van der Waals surface area contributed by atoms with Crippen molar-refractivity contribution >= 4 is 33.2 Å². The van der Waals surface area contributed by atoms with Crippen molar-refractivity contribution in [1.82, 2.24) is 5.32 Å². The lowest BCUT2D eigenvalue weighted by Crippen LogP contribution is -2.30. The molecule has 33 heavy (non-hydrogen) atoms. The molecule has 0 bridgehead atoms. The number of anilines is 1. The Morgan fingerprint density at radius 2 is 1.58 bits per heavy atom. The fourth-order valence-electron chi connectivity index (χ4n) is 3.77. The van der Waals surface area contributed by atoms with Gasteiger partial charge < -0.3 is 5.32 Å². The standard InChI is InChI=1S/C26H29ClN2O3S/c1-19-8-6-9-20(2)25(19)29(33(3,31)32)18-21-13-15-23(16-14-21)26(30)28-17-7-11-22-10-4-5-12-24(22)27/h4-6,8-10,12-16H,7,11,17-18H2,1-3H3,(H,28,30). The number of benzene rings is 3. The zero-order chi connectivity index (χ0) is 24.0. The Hall–Kier alpha value is -2.83. The van der Waals surface area contributed by atoms with Gasteiger partial charge in [-0.2, -0.15) is 0 Å². The second-order valence-electron chi connectivity index (χ2n) is 8.16. The zero-order valence-electron chi connectivity index (χ0n) is 19.1. The van der Waals surface area contributed by atoms with Crippen molar-refractivity contribution in [3.05, 3.63) is 99.6 Å². The van der Waals surface area contributed by atoms with E-state index in [1.807, 2.05) is 56.3 Å². The van der Waals surface area contributed by atoms with E-state index in [0.717, 1.165) is 40.1 Å². The number of nitrogens with zero attached hydrogens (tertiary/aromatic N) is 1. The van der Waals surface area contributed by atoms with Crippen molar-refractivity contribution in [3.63, 3.8) is 0 Å². The Morgan fingerprint density at radius 1 is 0.939 bits per heavy atom. The van der Waals surface area contributed by atoms with E-state index >= 15 is 0 Å². The Balaban J connectivity index is 1.62. The predicted octanol–water partition coefficient (Wildman–Crippen LogP) is 5.29. The number of para-hydroxylation sites is 1. The van der Waals surface area contributed by atoms with E-state index in [0.29, 0.717) is 17.8 Å². The highest BCUT2D eigenvalue weighted by atomic mass is 35.5. The van der Waals surface area contributed by atoms with Crippen LogP contribution in [0, 0.1) is 13.8 Å². The van der Waals surface area contributed by atoms with Crippen LogP contribution in [0.1, 0.15) is 39.0 Å². The third-order valence-electron chi connectivity index (χ3n) is 5.50. The minimum absolute atomic E-state index is 0.157. The molecule has 0 aliphatic heterocycles. The summed E-state index contributed by atoms with van der Waals surface area (Å²) in [7, 11) is -3.48. The van der Waals surface area contributed by atoms with Crippen LogP contribution in [0.5, 0.6) is 0 Å². The number of nitrogens with one attached hydrogen (secondary N) is 1. The molecule has 3 aromatic carbocycles. The van der Waals surface area contributed by atoms with E-state index in [-0.39, 0.29) is 12.5 Å². The van der Waals surface area contributed by atoms with E-state index in [2.05, 4.69) is 5.32 Å². The maximum absolute atomic E-state index is 12.5. The number of rotatable bonds is 9. The van der Waals surface area contributed by atoms with Gasteiger partial charge in [0.2, 0.25) is 10.0 Å². The first kappa shape index (κ1) is 24.8. The van der Waals surface area contributed by atoms with E-state index in [1.165, 1.54) is 10.6 Å². The molecule has 5 nitrogen and oxygen atoms in total. The normalized spacial score (nSPS) is 11.3. The molecule has 0 spiro atoms. The molecule has 174 valence electrons. The van der Waals surface area contributed by atoms with Gasteiger partial charge in [-0.25, -0.2) is 8.42 Å². The maximum atomic E-state index is 12.5. The van der Waals surface area contributed by atoms with E-state index in [1.54, 1.807) is 24.3 Å². The van der Waals surface area contributed by atoms with Crippen LogP contribution in [0.25, 0.3) is 0 Å². The number of carbonyl (C=O) groups is 1. The Morgan fingerprint density at radius 3 is 2.18 bits per heavy atom. The predicted molar refractivity (Wildman–Crippen MR) is 135 cm³/mol. The molecule has 0 aliphatic rings. The third kappa shape index (κ3) is 6.59. The third-order valence-corrected chi connectivity index (χ3v) is 6.98. The molecule has 0 atom stereocenters. The van der Waals surface area contributed by atoms with Gasteiger partial charge >= 0.3 is 0 Å². The summed E-state index contributed by atoms with van der Waals surface area (Å²) in [6.07, 6.45) is 2.79. The molecular weight excluding hydrogens is 456 g/mol. The summed E-state index contributed by atoms with van der Waals surface area (Å²) in [4.78, 5) is 12.5. The molecule has 3 rings (SSSR count). The lowest BCUT2D eigenvalue weighted by Gasteiger charge is -2.26. The number of aryl methyl sites for hydroxylation is 3. The molecule has 0 fully saturated rings. The highest BCUT2D eigenvalue weighted by molar-refractivity contribution is 7.92. The average Bonchev–Trinajstić information content (AvgIpc) is 2.76. The molecule has 0 radical (unpaired) electrons. The lowest BCUT2D eigenvalue weighted by molar-refractivity contribution is 0.0953. The molecule has 7 heteroatoms. The minimum Gasteiger partial charge on any atom is -0.352 e. The van der Waals surface area contributed by atoms with Crippen LogP contribution in [0.15, 0.2) is 66.7 Å². The largest absolute Gasteiger partial charge is 0.352 e. The average molecular weight is 485 g/mol. The van der Waals surface area contributed by atoms with Crippen molar-refractivity contribution in [2.24, 2.45) is 0 Å². The molecule has 0 saturated heterocycles. The van der Waals surface area contributed by atoms with Crippen molar-refractivity contribution in [2.45, 2.75) is 33.2 Å². The molecule has 0 heterocycles. The number of halogens is 1. The molecule has 0 aromatic heterocycles. The van der Waals surface area contributed by atoms with Crippen LogP contribution < -0.4 is 9.62 Å². The van der Waals surface area contributed by atoms with E-state index in [4.69, 9.17) is 11.6 Å². The molecule has 0 saturated carbocycles. The van der Waals surface area contributed by atoms with Crippen molar-refractivity contribution < 1.29 is 13.2 Å². The Kier molecular flexibility index (Phi) is 8.16. The monoisotopic (exact) mass is 484 g/mol. The second-order valence-corrected chi connectivity index (χ2v) is 10.5. The summed E-state index contributed by atoms with van der Waals surface area (Å²) in [6.45, 7) is 4.55. The van der Waals surface area contributed by atoms with Gasteiger partial charge in [-0.1, -0.05) is 60.1 Å². The van der Waals surface area contributed by atoms with Gasteiger partial charge in [0, 0.05) is 17.1 Å². The van der Waals surface area contributed by atoms with Gasteiger partial charge in [0.1, 0.15) is 0 Å². The van der Waals surface area contributed by atoms with Crippen molar-refractivity contribution in [1.29, 1.82) is 0 Å². The van der Waals surface area contributed by atoms with E-state index < -0.39 is 10.0 Å². The SMILES string of the molecule is Cc1cccc(C)c1N(Cc1ccc(C(=O)NCCCc2ccccc2Cl)cc1)S(C)(=O)=O. The van der Waals surface area contributed by atoms with Gasteiger partial charge in [0.15, 0.2) is 0 Å². The first-order chi connectivity index (χ1) is 15.7. The van der Waals surface area contributed by atoms with Gasteiger partial charge in [-0.15, -0.1) is 0 Å². The lowest BCUT2D eigenvalue weighted by atomic mass is 10.1. The summed E-state index contributed by atoms with van der Waals surface area (Å²) in [5.41, 5.74) is 4.90. The van der Waals surface area contributed by atoms with Gasteiger partial charge in [-0.05, 0) is 67.1 Å². The number of sulfonamides is 1. The summed E-state index contributed by atoms with van der Waals surface area (Å²) >= 11 is 6.17. The van der Waals surface area contributed by atoms with Gasteiger partial charge in [-0.3, -0.25) is 9.10 Å². The van der Waals surface area contributed by atoms with Crippen LogP contribution in [-0.4, -0.2) is 27.1 Å². The fourth-order valence-corrected chi connectivity index (χ4v) is 5.01. The Bertz CT molecular complexity index is 1200. The number of hydrogen-bond donors (Lipinski definition) is 1. The number of amides is 1. The number of carbonyl (C=O) groups excluding carboxylic acids is 1. The fraction of sp³-hybridized carbons (Fsp3) is 0.269. The molecular formula is C26H29ClN2O3S. The Labute approximate surface area is 201 Å². The summed E-state index contributed by atoms with van der Waals surface area (Å²) in [6, 6.07) is 20.5. The highest BCUT2D eigenvalue weighted by Crippen LogP contribution is 2.28. The maximum Gasteiger partial charge on any atom is 0.251 e. The quantitative estimate of drug-likeness (QED) is 0.420. The van der Waals surface area contributed by atoms with Crippen molar-refractivity contribution in [2.75, 3.05) is 17.1 Å². The first-order valence-corrected chi connectivity index (χ1v) is 13.0. The molecule has 3 aromatic rings. The van der Waals surface area contributed by atoms with Crippen LogP contribution in [0.3, 0.4) is 0 Å². The van der Waals surface area contributed by atoms with Crippen LogP contribution in [0.2, 0.25) is 5.02 Å². The summed E-state index contributed by atoms with van der Waals surface area (Å²) in [5, 5.41) is 3.66. The van der Waals surface area contributed by atoms with Crippen LogP contribution in [-0.2, 0) is 23.0 Å². The highest BCUT2D eigenvalue weighted by Gasteiger charge is 2.21. The van der Waals surface area contributed by atoms with Crippen LogP contribution in [0.4, 0.5) is 5.69 Å². The molecule has 0 aliphatic carbocycles. The smallest absolute Gasteiger partial charge is 0.251 e. The van der Waals surface area contributed by atoms with Crippen molar-refractivity contribution in [3.8, 4) is 0 Å². The minimum atomic E-state index is -3.48. The van der Waals surface area contributed by atoms with Gasteiger partial charge in [0.25, 0.3) is 5.91 Å². The molecule has 1 amide bonds.